The Bertz CT molecular complexity index is 914. The minimum atomic E-state index is -0.581. The lowest BCUT2D eigenvalue weighted by Gasteiger charge is -2.19. The van der Waals surface area contributed by atoms with Gasteiger partial charge in [-0.2, -0.15) is 0 Å². The van der Waals surface area contributed by atoms with Gasteiger partial charge in [0.05, 0.1) is 30.2 Å². The number of rotatable bonds is 4. The van der Waals surface area contributed by atoms with E-state index < -0.39 is 5.97 Å². The van der Waals surface area contributed by atoms with Gasteiger partial charge in [0.25, 0.3) is 0 Å². The summed E-state index contributed by atoms with van der Waals surface area (Å²) in [4.78, 5) is 39.4. The third-order valence-corrected chi connectivity index (χ3v) is 5.45. The molecule has 6 heteroatoms. The van der Waals surface area contributed by atoms with Crippen LogP contribution >= 0.6 is 0 Å². The predicted octanol–water partition coefficient (Wildman–Crippen LogP) is 3.59. The number of ether oxygens (including phenoxy) is 2. The van der Waals surface area contributed by atoms with Crippen LogP contribution in [0.1, 0.15) is 36.0 Å². The van der Waals surface area contributed by atoms with Crippen molar-refractivity contribution in [1.29, 1.82) is 0 Å². The van der Waals surface area contributed by atoms with Crippen molar-refractivity contribution in [2.24, 2.45) is 11.8 Å². The number of hydrogen-bond acceptors (Lipinski definition) is 5. The smallest absolute Gasteiger partial charge is 0.343 e. The van der Waals surface area contributed by atoms with Gasteiger partial charge in [-0.05, 0) is 43.2 Å². The van der Waals surface area contributed by atoms with Crippen molar-refractivity contribution in [2.45, 2.75) is 25.7 Å². The van der Waals surface area contributed by atoms with Crippen LogP contribution in [0.3, 0.4) is 0 Å². The summed E-state index contributed by atoms with van der Waals surface area (Å²) in [7, 11) is 1.50. The van der Waals surface area contributed by atoms with Gasteiger partial charge >= 0.3 is 5.97 Å². The Kier molecular flexibility index (Phi) is 4.86. The van der Waals surface area contributed by atoms with E-state index in [4.69, 9.17) is 9.47 Å². The molecule has 2 aliphatic rings. The second-order valence-corrected chi connectivity index (χ2v) is 7.10. The molecule has 6 nitrogen and oxygen atoms in total. The molecule has 4 rings (SSSR count). The first-order valence-corrected chi connectivity index (χ1v) is 9.43. The molecule has 2 atom stereocenters. The van der Waals surface area contributed by atoms with Crippen molar-refractivity contribution in [3.05, 3.63) is 54.1 Å². The van der Waals surface area contributed by atoms with Crippen molar-refractivity contribution in [3.8, 4) is 11.5 Å². The summed E-state index contributed by atoms with van der Waals surface area (Å²) in [5.74, 6) is -0.616. The van der Waals surface area contributed by atoms with Crippen LogP contribution in [0.4, 0.5) is 5.69 Å². The fraction of sp³-hybridized carbons (Fsp3) is 0.318. The zero-order valence-electron chi connectivity index (χ0n) is 15.6. The van der Waals surface area contributed by atoms with Crippen LogP contribution in [0.2, 0.25) is 0 Å². The number of hydrogen-bond donors (Lipinski definition) is 0. The minimum absolute atomic E-state index is 0.162. The predicted molar refractivity (Wildman–Crippen MR) is 102 cm³/mol. The zero-order chi connectivity index (χ0) is 19.7. The van der Waals surface area contributed by atoms with Gasteiger partial charge in [-0.3, -0.25) is 14.5 Å². The molecule has 1 saturated carbocycles. The van der Waals surface area contributed by atoms with Gasteiger partial charge in [0, 0.05) is 0 Å². The van der Waals surface area contributed by atoms with E-state index in [0.717, 1.165) is 25.7 Å². The molecule has 2 fully saturated rings. The summed E-state index contributed by atoms with van der Waals surface area (Å²) in [6, 6.07) is 13.3. The number of anilines is 1. The van der Waals surface area contributed by atoms with E-state index in [1.165, 1.54) is 18.1 Å². The van der Waals surface area contributed by atoms with Crippen LogP contribution in [0, 0.1) is 11.8 Å². The summed E-state index contributed by atoms with van der Waals surface area (Å²) < 4.78 is 10.6. The van der Waals surface area contributed by atoms with Gasteiger partial charge in [-0.15, -0.1) is 0 Å². The van der Waals surface area contributed by atoms with Crippen molar-refractivity contribution in [3.63, 3.8) is 0 Å². The van der Waals surface area contributed by atoms with Crippen molar-refractivity contribution >= 4 is 23.5 Å². The van der Waals surface area contributed by atoms with Crippen LogP contribution in [-0.2, 0) is 9.59 Å². The van der Waals surface area contributed by atoms with Crippen LogP contribution in [0.25, 0.3) is 0 Å². The summed E-state index contributed by atoms with van der Waals surface area (Å²) in [6.45, 7) is 0. The van der Waals surface area contributed by atoms with Gasteiger partial charge in [0.15, 0.2) is 11.5 Å². The first kappa shape index (κ1) is 18.2. The fourth-order valence-electron chi connectivity index (χ4n) is 4.05. The molecule has 0 radical (unpaired) electrons. The highest BCUT2D eigenvalue weighted by Gasteiger charge is 2.48. The summed E-state index contributed by atoms with van der Waals surface area (Å²) >= 11 is 0. The second-order valence-electron chi connectivity index (χ2n) is 7.10. The maximum absolute atomic E-state index is 12.8. The number of esters is 1. The van der Waals surface area contributed by atoms with E-state index in [2.05, 4.69) is 0 Å². The van der Waals surface area contributed by atoms with E-state index in [1.54, 1.807) is 42.5 Å². The molecule has 144 valence electrons. The minimum Gasteiger partial charge on any atom is -0.493 e. The molecule has 0 N–H and O–H groups in total. The third kappa shape index (κ3) is 3.15. The van der Waals surface area contributed by atoms with E-state index in [9.17, 15) is 14.4 Å². The maximum atomic E-state index is 12.8. The zero-order valence-corrected chi connectivity index (χ0v) is 15.6. The highest BCUT2D eigenvalue weighted by atomic mass is 16.6. The number of carbonyl (C=O) groups is 3. The molecule has 0 spiro atoms. The Morgan fingerprint density at radius 2 is 1.57 bits per heavy atom. The molecular formula is C22H21NO5. The van der Waals surface area contributed by atoms with Crippen LogP contribution in [0.5, 0.6) is 11.5 Å². The number of nitrogens with zero attached hydrogens (tertiary/aromatic N) is 1. The van der Waals surface area contributed by atoms with Gasteiger partial charge < -0.3 is 9.47 Å². The highest BCUT2D eigenvalue weighted by molar-refractivity contribution is 6.22. The first-order valence-electron chi connectivity index (χ1n) is 9.43. The maximum Gasteiger partial charge on any atom is 0.343 e. The summed E-state index contributed by atoms with van der Waals surface area (Å²) in [6.07, 6.45) is 3.45. The molecule has 1 saturated heterocycles. The molecule has 1 heterocycles. The molecule has 0 unspecified atom stereocenters. The molecule has 0 aromatic heterocycles. The van der Waals surface area contributed by atoms with E-state index in [-0.39, 0.29) is 29.2 Å². The standard InChI is InChI=1S/C22H21NO5/c1-27-18-11-4-5-12-19(18)28-22(26)14-7-6-8-15(13-14)23-20(24)16-9-2-3-10-17(16)21(23)25/h4-8,11-13,16-17H,2-3,9-10H2,1H3/t16-,17-/m0/s1. The quantitative estimate of drug-likeness (QED) is 0.461. The second kappa shape index (κ2) is 7.46. The van der Waals surface area contributed by atoms with Crippen LogP contribution < -0.4 is 14.4 Å². The lowest BCUT2D eigenvalue weighted by atomic mass is 9.81. The molecule has 0 bridgehead atoms. The van der Waals surface area contributed by atoms with E-state index in [0.29, 0.717) is 17.2 Å². The first-order chi connectivity index (χ1) is 13.6. The monoisotopic (exact) mass is 379 g/mol. The highest BCUT2D eigenvalue weighted by Crippen LogP contribution is 2.40. The Labute approximate surface area is 163 Å². The molecule has 1 aliphatic carbocycles. The van der Waals surface area contributed by atoms with Crippen molar-refractivity contribution in [1.82, 2.24) is 0 Å². The molecule has 2 aromatic rings. The Hall–Kier alpha value is -3.15. The van der Waals surface area contributed by atoms with Crippen molar-refractivity contribution in [2.75, 3.05) is 12.0 Å². The number of benzene rings is 2. The average Bonchev–Trinajstić information content (AvgIpc) is 2.99. The molecular weight excluding hydrogens is 358 g/mol. The molecule has 28 heavy (non-hydrogen) atoms. The Morgan fingerprint density at radius 1 is 0.929 bits per heavy atom. The number of para-hydroxylation sites is 2. The Balaban J connectivity index is 1.59. The number of imide groups is 1. The number of fused-ring (bicyclic) bond motifs is 1. The average molecular weight is 379 g/mol. The number of carbonyl (C=O) groups excluding carboxylic acids is 3. The van der Waals surface area contributed by atoms with Gasteiger partial charge in [-0.25, -0.2) is 4.79 Å². The lowest BCUT2D eigenvalue weighted by molar-refractivity contribution is -0.122. The van der Waals surface area contributed by atoms with Gasteiger partial charge in [-0.1, -0.05) is 31.0 Å². The van der Waals surface area contributed by atoms with Gasteiger partial charge in [0.1, 0.15) is 0 Å². The Morgan fingerprint density at radius 3 is 2.21 bits per heavy atom. The number of amides is 2. The normalized spacial score (nSPS) is 21.4. The van der Waals surface area contributed by atoms with Crippen LogP contribution in [-0.4, -0.2) is 24.9 Å². The van der Waals surface area contributed by atoms with Crippen molar-refractivity contribution < 1.29 is 23.9 Å². The van der Waals surface area contributed by atoms with E-state index >= 15 is 0 Å². The lowest BCUT2D eigenvalue weighted by Crippen LogP contribution is -2.31. The molecule has 2 amide bonds. The van der Waals surface area contributed by atoms with E-state index in [1.807, 2.05) is 0 Å². The topological polar surface area (TPSA) is 72.9 Å². The van der Waals surface area contributed by atoms with Crippen LogP contribution in [0.15, 0.2) is 48.5 Å². The van der Waals surface area contributed by atoms with Gasteiger partial charge in [0.2, 0.25) is 11.8 Å². The summed E-state index contributed by atoms with van der Waals surface area (Å²) in [5.41, 5.74) is 0.678. The third-order valence-electron chi connectivity index (χ3n) is 5.45. The summed E-state index contributed by atoms with van der Waals surface area (Å²) in [5, 5.41) is 0. The largest absolute Gasteiger partial charge is 0.493 e. The number of methoxy groups -OCH3 is 1. The molecule has 2 aromatic carbocycles. The SMILES string of the molecule is COc1ccccc1OC(=O)c1cccc(N2C(=O)[C@H]3CCCC[C@@H]3C2=O)c1. The molecule has 1 aliphatic heterocycles. The fourth-order valence-corrected chi connectivity index (χ4v) is 4.05.